The van der Waals surface area contributed by atoms with Gasteiger partial charge in [-0.2, -0.15) is 0 Å². The van der Waals surface area contributed by atoms with Crippen LogP contribution in [0.4, 0.5) is 0 Å². The highest BCUT2D eigenvalue weighted by Crippen LogP contribution is 2.42. The lowest BCUT2D eigenvalue weighted by molar-refractivity contribution is -0.238. The zero-order chi connectivity index (χ0) is 93.5. The molecule has 0 aromatic carbocycles. The fourth-order valence-electron chi connectivity index (χ4n) is 15.6. The summed E-state index contributed by atoms with van der Waals surface area (Å²) in [6.07, 6.45) is 1.54. The average Bonchev–Trinajstić information content (AvgIpc) is 1.61. The molecule has 746 valence electrons. The van der Waals surface area contributed by atoms with Crippen LogP contribution in [-0.4, -0.2) is 417 Å². The number of carbonyl (C=O) groups is 5. The first-order valence-electron chi connectivity index (χ1n) is 45.4. The first-order chi connectivity index (χ1) is 63.1. The predicted octanol–water partition coefficient (Wildman–Crippen LogP) is -2.69. The van der Waals surface area contributed by atoms with Crippen molar-refractivity contribution in [2.45, 2.75) is 272 Å². The van der Waals surface area contributed by atoms with E-state index < -0.39 is 114 Å². The van der Waals surface area contributed by atoms with Crippen molar-refractivity contribution >= 4 is 29.4 Å². The van der Waals surface area contributed by atoms with E-state index in [2.05, 4.69) is 52.2 Å². The van der Waals surface area contributed by atoms with Crippen LogP contribution in [0, 0.1) is 0 Å². The van der Waals surface area contributed by atoms with Crippen molar-refractivity contribution in [3.05, 3.63) is 35.7 Å². The Labute approximate surface area is 762 Å². The molecule has 10 N–H and O–H groups in total. The molecule has 7 aliphatic heterocycles. The van der Waals surface area contributed by atoms with Crippen molar-refractivity contribution in [3.63, 3.8) is 0 Å². The fourth-order valence-corrected chi connectivity index (χ4v) is 15.6. The number of fused-ring (bicyclic) bond motifs is 6. The van der Waals surface area contributed by atoms with Gasteiger partial charge in [-0.05, 0) is 59.8 Å². The Hall–Kier alpha value is -6.19. The summed E-state index contributed by atoms with van der Waals surface area (Å²) in [7, 11) is 0. The van der Waals surface area contributed by atoms with Crippen molar-refractivity contribution in [3.8, 4) is 0 Å². The number of nitrogens with one attached hydrogen (secondary N) is 4. The van der Waals surface area contributed by atoms with Crippen LogP contribution >= 0.6 is 0 Å². The third-order valence-corrected chi connectivity index (χ3v) is 23.3. The number of hydrogen-bond donors (Lipinski definition) is 10. The van der Waals surface area contributed by atoms with Crippen LogP contribution < -0.4 is 21.3 Å². The van der Waals surface area contributed by atoms with Gasteiger partial charge < -0.3 is 161 Å². The van der Waals surface area contributed by atoms with Gasteiger partial charge in [0.15, 0.2) is 25.2 Å². The van der Waals surface area contributed by atoms with Gasteiger partial charge in [-0.1, -0.05) is 34.9 Å². The van der Waals surface area contributed by atoms with Gasteiger partial charge in [-0.15, -0.1) is 15.3 Å². The Morgan fingerprint density at radius 2 is 0.664 bits per heavy atom. The monoisotopic (exact) mass is 1880 g/mol. The number of amides is 4. The van der Waals surface area contributed by atoms with E-state index in [4.69, 9.17) is 109 Å². The topological polar surface area (TPSA) is 559 Å². The van der Waals surface area contributed by atoms with E-state index in [-0.39, 0.29) is 174 Å². The maximum absolute atomic E-state index is 14.3. The Bertz CT molecular complexity index is 3500. The van der Waals surface area contributed by atoms with Crippen molar-refractivity contribution in [1.29, 1.82) is 0 Å². The van der Waals surface area contributed by atoms with Gasteiger partial charge in [0.25, 0.3) is 0 Å². The molecule has 47 heteroatoms. The Balaban J connectivity index is 0.655. The second-order valence-corrected chi connectivity index (χ2v) is 34.7. The second-order valence-electron chi connectivity index (χ2n) is 34.7. The zero-order valence-corrected chi connectivity index (χ0v) is 76.6. The molecule has 10 heterocycles. The molecule has 4 amide bonds. The normalized spacial score (nSPS) is 26.6. The van der Waals surface area contributed by atoms with Crippen LogP contribution in [0.2, 0.25) is 0 Å². The molecule has 0 radical (unpaired) electrons. The molecular weight excluding hydrogens is 1730 g/mol. The molecule has 47 nitrogen and oxygen atoms in total. The molecule has 0 spiro atoms. The maximum atomic E-state index is 14.3. The molecule has 0 saturated carbocycles. The number of rotatable bonds is 71. The van der Waals surface area contributed by atoms with Crippen molar-refractivity contribution in [2.75, 3.05) is 198 Å². The smallest absolute Gasteiger partial charge is 0.220 e. The van der Waals surface area contributed by atoms with Crippen LogP contribution in [-0.2, 0) is 172 Å². The number of carbonyl (C=O) groups excluding carboxylic acids is 5. The molecule has 7 saturated heterocycles. The summed E-state index contributed by atoms with van der Waals surface area (Å²) in [5, 5.41) is 101. The van der Waals surface area contributed by atoms with E-state index >= 15 is 0 Å². The molecule has 3 aromatic heterocycles. The SMILES string of the molecule is CC(=O)N[C@H]1[C@H]2OC[C@](COCCOCCOCCOCCn3cc(COCC(COCc4cn(CCOCCOCCOCCOC[C@@]56CO[C@@H](O5)[C@H](NC(C)=O)[C@@H](O)[C@H]6O)nn4)(COCc4cn(CCOCCOCCOCCOC[C@@]56CO[C@@H](O5)[C@H](NC(C)=O)[C@@H](O)[C@H]6O)nn4)NC(=O)CCCCCCC(=O)CCCCCC4OC(C)(C)C(C)(C)O4)nn3)(O2)[C@H](O)[C@@H]1O. The molecule has 7 fully saturated rings. The number of ketones is 1. The quantitative estimate of drug-likeness (QED) is 0.0257. The molecule has 6 bridgehead atoms. The van der Waals surface area contributed by atoms with Gasteiger partial charge in [0.2, 0.25) is 23.6 Å². The molecule has 10 rings (SSSR count). The Morgan fingerprint density at radius 3 is 0.969 bits per heavy atom. The summed E-state index contributed by atoms with van der Waals surface area (Å²) >= 11 is 0. The summed E-state index contributed by atoms with van der Waals surface area (Å²) in [6, 6.07) is -2.73. The lowest BCUT2D eigenvalue weighted by Crippen LogP contribution is -2.66. The van der Waals surface area contributed by atoms with Gasteiger partial charge >= 0.3 is 0 Å². The van der Waals surface area contributed by atoms with Gasteiger partial charge in [-0.3, -0.25) is 24.0 Å². The lowest BCUT2D eigenvalue weighted by atomic mass is 9.88. The number of aromatic nitrogens is 9. The summed E-state index contributed by atoms with van der Waals surface area (Å²) in [5.74, 6) is -1.23. The van der Waals surface area contributed by atoms with Crippen LogP contribution in [0.25, 0.3) is 0 Å². The third kappa shape index (κ3) is 33.9. The largest absolute Gasteiger partial charge is 0.388 e. The first kappa shape index (κ1) is 107. The summed E-state index contributed by atoms with van der Waals surface area (Å²) < 4.78 is 139. The summed E-state index contributed by atoms with van der Waals surface area (Å²) in [5.41, 5.74) is -4.39. The Morgan fingerprint density at radius 1 is 0.382 bits per heavy atom. The van der Waals surface area contributed by atoms with E-state index in [0.717, 1.165) is 38.5 Å². The number of aliphatic hydroxyl groups is 6. The van der Waals surface area contributed by atoms with Gasteiger partial charge in [0.05, 0.1) is 267 Å². The number of hydrogen-bond acceptors (Lipinski definition) is 40. The molecule has 7 aliphatic rings. The van der Waals surface area contributed by atoms with E-state index in [9.17, 15) is 54.6 Å². The minimum Gasteiger partial charge on any atom is -0.388 e. The molecule has 131 heavy (non-hydrogen) atoms. The van der Waals surface area contributed by atoms with Crippen LogP contribution in [0.15, 0.2) is 18.6 Å². The second kappa shape index (κ2) is 54.7. The number of aliphatic hydroxyl groups excluding tert-OH is 6. The Kier molecular flexibility index (Phi) is 44.6. The fraction of sp³-hybridized carbons (Fsp3) is 0.869. The maximum Gasteiger partial charge on any atom is 0.220 e. The number of nitrogens with zero attached hydrogens (tertiary/aromatic N) is 9. The standard InChI is InChI=1S/C84H141N13O34/c1-58(98)85-67-70(103)73(106)82(55-124-76(67)129-82)52-118-40-37-115-34-31-112-28-25-109-22-19-95-43-61(89-92-95)46-121-49-81(88-65(102)17-13-9-8-11-15-64(101)16-12-10-14-18-66-127-79(4,5)80(6,7)128-66,50-122-47-62-44-96(93-90-62)20-23-110-26-29-113-32-35-116-38-41-119-53-83-56-125-77(130-83)68(86-59(2)99)71(104)74(83)107)51-123-48-63-45-97(94-91-63)21-24-111-27-30-114-33-36-117-39-42-120-54-84-57-126-78(131-84)69(87-60(3)100)72(105)75(84)108/h43-45,66-78,103-108H,8-42,46-57H2,1-7H3,(H,85,98)(H,86,99)(H,87,100)(H,88,102)/t67-,68-,69-,70-,71-,72-,73-,74-,75-,76+,77+,78+,82+,83+,84+/m1/s1. The van der Waals surface area contributed by atoms with Crippen LogP contribution in [0.1, 0.15) is 136 Å². The highest BCUT2D eigenvalue weighted by Gasteiger charge is 2.62. The van der Waals surface area contributed by atoms with Gasteiger partial charge in [0, 0.05) is 40.0 Å². The van der Waals surface area contributed by atoms with E-state index in [0.29, 0.717) is 142 Å². The van der Waals surface area contributed by atoms with Crippen molar-refractivity contribution in [2.24, 2.45) is 0 Å². The molecule has 15 atom stereocenters. The van der Waals surface area contributed by atoms with Gasteiger partial charge in [-0.25, -0.2) is 14.0 Å². The molecular formula is C84H141N13O34. The number of ether oxygens (including phenoxy) is 23. The lowest BCUT2D eigenvalue weighted by Gasteiger charge is -2.42. The highest BCUT2D eigenvalue weighted by atomic mass is 16.8. The zero-order valence-electron chi connectivity index (χ0n) is 76.6. The molecule has 3 aromatic rings. The van der Waals surface area contributed by atoms with Crippen molar-refractivity contribution in [1.82, 2.24) is 66.2 Å². The number of Topliss-reactive ketones (excluding diaryl/α,β-unsaturated/α-hetero) is 1. The minimum absolute atomic E-state index is 0.0103. The first-order valence-corrected chi connectivity index (χ1v) is 45.4. The molecule has 0 aliphatic carbocycles. The predicted molar refractivity (Wildman–Crippen MR) is 449 cm³/mol. The summed E-state index contributed by atoms with van der Waals surface area (Å²) in [6.45, 7) is 18.3. The van der Waals surface area contributed by atoms with Crippen LogP contribution in [0.3, 0.4) is 0 Å². The summed E-state index contributed by atoms with van der Waals surface area (Å²) in [4.78, 5) is 62.1. The van der Waals surface area contributed by atoms with E-state index in [1.54, 1.807) is 32.6 Å². The van der Waals surface area contributed by atoms with E-state index in [1.807, 2.05) is 27.7 Å². The highest BCUT2D eigenvalue weighted by molar-refractivity contribution is 5.78. The minimum atomic E-state index is -1.35. The van der Waals surface area contributed by atoms with Crippen molar-refractivity contribution < 1.29 is 164 Å². The molecule has 0 unspecified atom stereocenters. The third-order valence-electron chi connectivity index (χ3n) is 23.3. The van der Waals surface area contributed by atoms with Gasteiger partial charge in [0.1, 0.15) is 100.0 Å². The number of unbranched alkanes of at least 4 members (excludes halogenated alkanes) is 5. The van der Waals surface area contributed by atoms with Crippen LogP contribution in [0.5, 0.6) is 0 Å². The average molecular weight is 1880 g/mol. The van der Waals surface area contributed by atoms with E-state index in [1.165, 1.54) is 20.8 Å².